The zero-order chi connectivity index (χ0) is 13.1. The molecule has 18 heavy (non-hydrogen) atoms. The van der Waals surface area contributed by atoms with Gasteiger partial charge in [-0.05, 0) is 19.1 Å². The second-order valence-corrected chi connectivity index (χ2v) is 4.18. The van der Waals surface area contributed by atoms with Gasteiger partial charge in [0, 0.05) is 6.07 Å². The van der Waals surface area contributed by atoms with Crippen molar-refractivity contribution in [1.29, 1.82) is 0 Å². The van der Waals surface area contributed by atoms with Crippen molar-refractivity contribution in [2.24, 2.45) is 0 Å². The minimum atomic E-state index is -0.507. The van der Waals surface area contributed by atoms with Crippen LogP contribution in [0.25, 0.3) is 11.4 Å². The van der Waals surface area contributed by atoms with Crippen molar-refractivity contribution in [3.05, 3.63) is 40.3 Å². The number of aromatic nitrogens is 2. The molecule has 1 aromatic heterocycles. The molecule has 2 rings (SSSR count). The largest absolute Gasteiger partial charge is 0.478 e. The lowest BCUT2D eigenvalue weighted by Crippen LogP contribution is -1.99. The Kier molecular flexibility index (Phi) is 3.99. The minimum Gasteiger partial charge on any atom is -0.478 e. The molecule has 0 fully saturated rings. The molecule has 0 amide bonds. The number of ether oxygens (including phenoxy) is 1. The molecular weight excluding hydrogens is 278 g/mol. The normalized spacial score (nSPS) is 10.4. The van der Waals surface area contributed by atoms with Crippen LogP contribution < -0.4 is 4.74 Å². The number of benzene rings is 1. The summed E-state index contributed by atoms with van der Waals surface area (Å²) >= 11 is 11.8. The van der Waals surface area contributed by atoms with Crippen LogP contribution in [0.1, 0.15) is 6.92 Å². The summed E-state index contributed by atoms with van der Waals surface area (Å²) in [5, 5.41) is 0.391. The van der Waals surface area contributed by atoms with Crippen molar-refractivity contribution >= 4 is 23.2 Å². The Balaban J connectivity index is 2.56. The maximum Gasteiger partial charge on any atom is 0.218 e. The van der Waals surface area contributed by atoms with Gasteiger partial charge in [-0.25, -0.2) is 9.37 Å². The first-order chi connectivity index (χ1) is 8.61. The standard InChI is InChI=1S/C12H9Cl2FN2O/c1-2-18-10-6-9(14)16-12(17-10)11-7(13)4-3-5-8(11)15/h3-6H,2H2,1H3. The third-order valence-corrected chi connectivity index (χ3v) is 2.66. The van der Waals surface area contributed by atoms with Crippen LogP contribution in [-0.4, -0.2) is 16.6 Å². The number of nitrogens with zero attached hydrogens (tertiary/aromatic N) is 2. The van der Waals surface area contributed by atoms with Crippen LogP contribution in [-0.2, 0) is 0 Å². The van der Waals surface area contributed by atoms with Crippen LogP contribution >= 0.6 is 23.2 Å². The second kappa shape index (κ2) is 5.50. The van der Waals surface area contributed by atoms with E-state index in [9.17, 15) is 4.39 Å². The summed E-state index contributed by atoms with van der Waals surface area (Å²) in [6, 6.07) is 5.81. The molecule has 0 spiro atoms. The lowest BCUT2D eigenvalue weighted by molar-refractivity contribution is 0.326. The summed E-state index contributed by atoms with van der Waals surface area (Å²) in [5.74, 6) is -0.118. The van der Waals surface area contributed by atoms with Crippen molar-refractivity contribution < 1.29 is 9.13 Å². The van der Waals surface area contributed by atoms with E-state index in [4.69, 9.17) is 27.9 Å². The zero-order valence-electron chi connectivity index (χ0n) is 9.45. The maximum absolute atomic E-state index is 13.7. The molecule has 1 aromatic carbocycles. The van der Waals surface area contributed by atoms with E-state index in [1.165, 1.54) is 18.2 Å². The number of hydrogen-bond donors (Lipinski definition) is 0. The van der Waals surface area contributed by atoms with Gasteiger partial charge >= 0.3 is 0 Å². The Morgan fingerprint density at radius 1 is 1.28 bits per heavy atom. The summed E-state index contributed by atoms with van der Waals surface area (Å²) in [5.41, 5.74) is 0.114. The van der Waals surface area contributed by atoms with Crippen molar-refractivity contribution in [2.75, 3.05) is 6.61 Å². The van der Waals surface area contributed by atoms with E-state index in [2.05, 4.69) is 9.97 Å². The van der Waals surface area contributed by atoms with Crippen molar-refractivity contribution in [2.45, 2.75) is 6.92 Å². The Labute approximate surface area is 114 Å². The highest BCUT2D eigenvalue weighted by Crippen LogP contribution is 2.30. The van der Waals surface area contributed by atoms with Gasteiger partial charge < -0.3 is 4.74 Å². The molecule has 0 atom stereocenters. The molecule has 0 unspecified atom stereocenters. The summed E-state index contributed by atoms with van der Waals surface area (Å²) in [6.45, 7) is 2.24. The number of halogens is 3. The average Bonchev–Trinajstić information content (AvgIpc) is 2.28. The molecule has 0 saturated carbocycles. The van der Waals surface area contributed by atoms with Gasteiger partial charge in [0.05, 0.1) is 17.2 Å². The topological polar surface area (TPSA) is 35.0 Å². The Morgan fingerprint density at radius 3 is 2.72 bits per heavy atom. The smallest absolute Gasteiger partial charge is 0.218 e. The lowest BCUT2D eigenvalue weighted by atomic mass is 10.2. The molecule has 0 aliphatic carbocycles. The second-order valence-electron chi connectivity index (χ2n) is 3.38. The maximum atomic E-state index is 13.7. The summed E-state index contributed by atoms with van der Waals surface area (Å²) in [6.07, 6.45) is 0. The summed E-state index contributed by atoms with van der Waals surface area (Å²) < 4.78 is 19.0. The summed E-state index contributed by atoms with van der Waals surface area (Å²) in [7, 11) is 0. The molecule has 0 N–H and O–H groups in total. The predicted octanol–water partition coefficient (Wildman–Crippen LogP) is 3.99. The van der Waals surface area contributed by atoms with Crippen LogP contribution in [0.3, 0.4) is 0 Å². The first kappa shape index (κ1) is 13.1. The molecule has 94 valence electrons. The van der Waals surface area contributed by atoms with Crippen LogP contribution in [0.4, 0.5) is 4.39 Å². The highest BCUT2D eigenvalue weighted by molar-refractivity contribution is 6.33. The van der Waals surface area contributed by atoms with Gasteiger partial charge in [0.2, 0.25) is 5.88 Å². The Bertz CT molecular complexity index is 558. The van der Waals surface area contributed by atoms with E-state index in [1.807, 2.05) is 6.92 Å². The SMILES string of the molecule is CCOc1cc(Cl)nc(-c2c(F)cccc2Cl)n1. The van der Waals surface area contributed by atoms with Crippen molar-refractivity contribution in [3.8, 4) is 17.3 Å². The average molecular weight is 287 g/mol. The van der Waals surface area contributed by atoms with Gasteiger partial charge in [-0.15, -0.1) is 0 Å². The van der Waals surface area contributed by atoms with E-state index >= 15 is 0 Å². The molecule has 1 heterocycles. The first-order valence-electron chi connectivity index (χ1n) is 5.23. The molecule has 0 saturated heterocycles. The Morgan fingerprint density at radius 2 is 2.06 bits per heavy atom. The van der Waals surface area contributed by atoms with Crippen LogP contribution in [0, 0.1) is 5.82 Å². The van der Waals surface area contributed by atoms with Gasteiger partial charge in [0.15, 0.2) is 5.82 Å². The third kappa shape index (κ3) is 2.71. The van der Waals surface area contributed by atoms with Crippen LogP contribution in [0.5, 0.6) is 5.88 Å². The fourth-order valence-electron chi connectivity index (χ4n) is 1.44. The van der Waals surface area contributed by atoms with E-state index in [0.717, 1.165) is 0 Å². The highest BCUT2D eigenvalue weighted by Gasteiger charge is 2.14. The molecular formula is C12H9Cl2FN2O. The van der Waals surface area contributed by atoms with Gasteiger partial charge in [0.1, 0.15) is 11.0 Å². The van der Waals surface area contributed by atoms with E-state index in [-0.39, 0.29) is 27.4 Å². The quantitative estimate of drug-likeness (QED) is 0.801. The molecule has 6 heteroatoms. The minimum absolute atomic E-state index is 0.106. The number of rotatable bonds is 3. The molecule has 0 aliphatic rings. The lowest BCUT2D eigenvalue weighted by Gasteiger charge is -2.07. The number of hydrogen-bond acceptors (Lipinski definition) is 3. The first-order valence-corrected chi connectivity index (χ1v) is 5.99. The van der Waals surface area contributed by atoms with Crippen LogP contribution in [0.15, 0.2) is 24.3 Å². The molecule has 0 radical (unpaired) electrons. The zero-order valence-corrected chi connectivity index (χ0v) is 11.0. The van der Waals surface area contributed by atoms with Crippen molar-refractivity contribution in [1.82, 2.24) is 9.97 Å². The fraction of sp³-hybridized carbons (Fsp3) is 0.167. The van der Waals surface area contributed by atoms with E-state index < -0.39 is 5.82 Å². The van der Waals surface area contributed by atoms with Crippen molar-refractivity contribution in [3.63, 3.8) is 0 Å². The molecule has 2 aromatic rings. The fourth-order valence-corrected chi connectivity index (χ4v) is 1.86. The van der Waals surface area contributed by atoms with E-state index in [0.29, 0.717) is 6.61 Å². The summed E-state index contributed by atoms with van der Waals surface area (Å²) in [4.78, 5) is 8.03. The van der Waals surface area contributed by atoms with Gasteiger partial charge in [-0.3, -0.25) is 0 Å². The predicted molar refractivity (Wildman–Crippen MR) is 68.6 cm³/mol. The molecule has 0 aliphatic heterocycles. The Hall–Kier alpha value is -1.39. The van der Waals surface area contributed by atoms with Gasteiger partial charge in [0.25, 0.3) is 0 Å². The highest BCUT2D eigenvalue weighted by atomic mass is 35.5. The van der Waals surface area contributed by atoms with E-state index in [1.54, 1.807) is 6.07 Å². The molecule has 0 bridgehead atoms. The third-order valence-electron chi connectivity index (χ3n) is 2.15. The monoisotopic (exact) mass is 286 g/mol. The van der Waals surface area contributed by atoms with Gasteiger partial charge in [-0.1, -0.05) is 29.3 Å². The van der Waals surface area contributed by atoms with Crippen LogP contribution in [0.2, 0.25) is 10.2 Å². The molecule has 3 nitrogen and oxygen atoms in total. The van der Waals surface area contributed by atoms with Gasteiger partial charge in [-0.2, -0.15) is 4.98 Å².